The second-order valence-electron chi connectivity index (χ2n) is 7.00. The first kappa shape index (κ1) is 17.5. The molecule has 1 amide bonds. The minimum atomic E-state index is -0.187. The highest BCUT2D eigenvalue weighted by molar-refractivity contribution is 6.39. The maximum atomic E-state index is 12.4. The van der Waals surface area contributed by atoms with Crippen molar-refractivity contribution in [2.24, 2.45) is 5.16 Å². The normalized spacial score (nSPS) is 19.3. The van der Waals surface area contributed by atoms with Gasteiger partial charge in [-0.05, 0) is 36.5 Å². The van der Waals surface area contributed by atoms with E-state index in [-0.39, 0.29) is 12.0 Å². The summed E-state index contributed by atoms with van der Waals surface area (Å²) < 4.78 is 0. The van der Waals surface area contributed by atoms with Gasteiger partial charge in [0.1, 0.15) is 11.5 Å². The minimum absolute atomic E-state index is 0.183. The number of anilines is 1. The van der Waals surface area contributed by atoms with Crippen molar-refractivity contribution in [2.45, 2.75) is 38.3 Å². The lowest BCUT2D eigenvalue weighted by Gasteiger charge is -2.27. The summed E-state index contributed by atoms with van der Waals surface area (Å²) >= 11 is 0. The molecule has 2 aromatic rings. The van der Waals surface area contributed by atoms with Crippen LogP contribution in [0.4, 0.5) is 5.82 Å². The van der Waals surface area contributed by atoms with Gasteiger partial charge in [-0.2, -0.15) is 0 Å². The van der Waals surface area contributed by atoms with E-state index in [4.69, 9.17) is 4.84 Å². The van der Waals surface area contributed by atoms with Crippen LogP contribution in [0, 0.1) is 0 Å². The third-order valence-corrected chi connectivity index (χ3v) is 5.04. The number of carbonyl (C=O) groups is 1. The molecule has 3 heterocycles. The highest BCUT2D eigenvalue weighted by Gasteiger charge is 2.27. The quantitative estimate of drug-likeness (QED) is 0.885. The van der Waals surface area contributed by atoms with Crippen molar-refractivity contribution < 1.29 is 9.63 Å². The molecule has 6 nitrogen and oxygen atoms in total. The maximum absolute atomic E-state index is 12.4. The number of aromatic nitrogens is 1. The summed E-state index contributed by atoms with van der Waals surface area (Å²) in [5.41, 5.74) is 2.44. The molecule has 0 spiro atoms. The summed E-state index contributed by atoms with van der Waals surface area (Å²) in [6.45, 7) is 2.58. The van der Waals surface area contributed by atoms with E-state index in [1.807, 2.05) is 48.7 Å². The third-order valence-electron chi connectivity index (χ3n) is 5.04. The largest absolute Gasteiger partial charge is 0.387 e. The number of benzene rings is 1. The number of hydrogen-bond donors (Lipinski definition) is 1. The third kappa shape index (κ3) is 4.27. The highest BCUT2D eigenvalue weighted by Crippen LogP contribution is 2.26. The molecular weight excluding hydrogens is 340 g/mol. The number of nitrogens with one attached hydrogen (secondary N) is 1. The van der Waals surface area contributed by atoms with Crippen LogP contribution in [0.2, 0.25) is 0 Å². The molecule has 0 saturated carbocycles. The van der Waals surface area contributed by atoms with Gasteiger partial charge in [-0.25, -0.2) is 4.98 Å². The van der Waals surface area contributed by atoms with Gasteiger partial charge in [0.15, 0.2) is 6.10 Å². The molecule has 1 fully saturated rings. The van der Waals surface area contributed by atoms with Gasteiger partial charge < -0.3 is 15.1 Å². The van der Waals surface area contributed by atoms with Gasteiger partial charge >= 0.3 is 0 Å². The lowest BCUT2D eigenvalue weighted by Crippen LogP contribution is -2.31. The highest BCUT2D eigenvalue weighted by atomic mass is 16.6. The number of hydrogen-bond acceptors (Lipinski definition) is 5. The van der Waals surface area contributed by atoms with Crippen LogP contribution in [0.15, 0.2) is 53.8 Å². The maximum Gasteiger partial charge on any atom is 0.269 e. The number of nitrogens with zero attached hydrogens (tertiary/aromatic N) is 3. The van der Waals surface area contributed by atoms with E-state index in [1.165, 1.54) is 19.3 Å². The van der Waals surface area contributed by atoms with Crippen molar-refractivity contribution in [2.75, 3.05) is 18.0 Å². The van der Waals surface area contributed by atoms with Gasteiger partial charge in [0, 0.05) is 32.3 Å². The average molecular weight is 364 g/mol. The van der Waals surface area contributed by atoms with Crippen LogP contribution < -0.4 is 10.2 Å². The summed E-state index contributed by atoms with van der Waals surface area (Å²) in [5, 5.41) is 6.87. The summed E-state index contributed by atoms with van der Waals surface area (Å²) in [4.78, 5) is 24.6. The van der Waals surface area contributed by atoms with Crippen LogP contribution in [0.25, 0.3) is 0 Å². The molecule has 140 valence electrons. The molecule has 4 rings (SSSR count). The Labute approximate surface area is 159 Å². The summed E-state index contributed by atoms with van der Waals surface area (Å²) in [6, 6.07) is 13.9. The molecule has 1 saturated heterocycles. The molecule has 1 N–H and O–H groups in total. The fourth-order valence-corrected chi connectivity index (χ4v) is 3.47. The average Bonchev–Trinajstić information content (AvgIpc) is 3.24. The van der Waals surface area contributed by atoms with E-state index in [0.29, 0.717) is 18.7 Å². The molecule has 1 unspecified atom stereocenters. The topological polar surface area (TPSA) is 66.8 Å². The lowest BCUT2D eigenvalue weighted by molar-refractivity contribution is -0.115. The predicted molar refractivity (Wildman–Crippen MR) is 104 cm³/mol. The molecule has 2 aliphatic rings. The number of carbonyl (C=O) groups excluding carboxylic acids is 1. The molecule has 6 heteroatoms. The van der Waals surface area contributed by atoms with E-state index in [2.05, 4.69) is 20.4 Å². The van der Waals surface area contributed by atoms with Crippen LogP contribution in [0.3, 0.4) is 0 Å². The Morgan fingerprint density at radius 1 is 1.11 bits per heavy atom. The summed E-state index contributed by atoms with van der Waals surface area (Å²) in [5.74, 6) is 0.831. The van der Waals surface area contributed by atoms with Gasteiger partial charge in [0.25, 0.3) is 5.91 Å². The molecule has 0 aliphatic carbocycles. The van der Waals surface area contributed by atoms with Crippen LogP contribution in [0.1, 0.15) is 42.9 Å². The van der Waals surface area contributed by atoms with Crippen LogP contribution >= 0.6 is 0 Å². The Balaban J connectivity index is 1.28. The Hall–Kier alpha value is -2.89. The van der Waals surface area contributed by atoms with E-state index in [9.17, 15) is 4.79 Å². The van der Waals surface area contributed by atoms with Crippen molar-refractivity contribution >= 4 is 17.4 Å². The summed E-state index contributed by atoms with van der Waals surface area (Å²) in [6.07, 6.45) is 5.91. The van der Waals surface area contributed by atoms with E-state index in [1.54, 1.807) is 0 Å². The van der Waals surface area contributed by atoms with Gasteiger partial charge in [-0.15, -0.1) is 0 Å². The first-order chi connectivity index (χ1) is 13.3. The molecule has 1 aromatic carbocycles. The Morgan fingerprint density at radius 2 is 1.93 bits per heavy atom. The molecule has 0 bridgehead atoms. The van der Waals surface area contributed by atoms with Crippen LogP contribution in [-0.2, 0) is 16.2 Å². The Morgan fingerprint density at radius 3 is 2.67 bits per heavy atom. The van der Waals surface area contributed by atoms with Crippen LogP contribution in [-0.4, -0.2) is 29.7 Å². The van der Waals surface area contributed by atoms with Gasteiger partial charge in [-0.3, -0.25) is 4.79 Å². The van der Waals surface area contributed by atoms with Gasteiger partial charge in [-0.1, -0.05) is 41.6 Å². The molecular formula is C21H24N4O2. The standard InChI is InChI=1S/C21H24N4O2/c26-21(18-13-19(27-24-18)17-7-3-1-4-8-17)23-15-16-9-10-20(22-14-16)25-11-5-2-6-12-25/h1,3-4,7-10,14,19H,2,5-6,11-13,15H2,(H,23,26). The van der Waals surface area contributed by atoms with Crippen molar-refractivity contribution in [3.8, 4) is 0 Å². The first-order valence-corrected chi connectivity index (χ1v) is 9.55. The van der Waals surface area contributed by atoms with Crippen molar-refractivity contribution in [3.63, 3.8) is 0 Å². The van der Waals surface area contributed by atoms with Gasteiger partial charge in [0.05, 0.1) is 0 Å². The Bertz CT molecular complexity index is 799. The number of amides is 1. The molecule has 1 aromatic heterocycles. The number of piperidine rings is 1. The lowest BCUT2D eigenvalue weighted by atomic mass is 10.0. The monoisotopic (exact) mass is 364 g/mol. The minimum Gasteiger partial charge on any atom is -0.387 e. The van der Waals surface area contributed by atoms with E-state index < -0.39 is 0 Å². The smallest absolute Gasteiger partial charge is 0.269 e. The SMILES string of the molecule is O=C(NCc1ccc(N2CCCCC2)nc1)C1=NOC(c2ccccc2)C1. The van der Waals surface area contributed by atoms with Crippen molar-refractivity contribution in [3.05, 3.63) is 59.8 Å². The fourth-order valence-electron chi connectivity index (χ4n) is 3.47. The number of rotatable bonds is 5. The van der Waals surface area contributed by atoms with Gasteiger partial charge in [0.2, 0.25) is 0 Å². The zero-order valence-corrected chi connectivity index (χ0v) is 15.3. The second kappa shape index (κ2) is 8.20. The van der Waals surface area contributed by atoms with E-state index >= 15 is 0 Å². The summed E-state index contributed by atoms with van der Waals surface area (Å²) in [7, 11) is 0. The molecule has 27 heavy (non-hydrogen) atoms. The predicted octanol–water partition coefficient (Wildman–Crippen LogP) is 3.21. The van der Waals surface area contributed by atoms with Crippen molar-refractivity contribution in [1.29, 1.82) is 0 Å². The van der Waals surface area contributed by atoms with Crippen molar-refractivity contribution in [1.82, 2.24) is 10.3 Å². The number of pyridine rings is 1. The van der Waals surface area contributed by atoms with Crippen LogP contribution in [0.5, 0.6) is 0 Å². The second-order valence-corrected chi connectivity index (χ2v) is 7.00. The number of oxime groups is 1. The molecule has 1 atom stereocenters. The first-order valence-electron chi connectivity index (χ1n) is 9.55. The van der Waals surface area contributed by atoms with E-state index in [0.717, 1.165) is 30.0 Å². The zero-order chi connectivity index (χ0) is 18.5. The Kier molecular flexibility index (Phi) is 5.32. The zero-order valence-electron chi connectivity index (χ0n) is 15.3. The molecule has 2 aliphatic heterocycles. The fraction of sp³-hybridized carbons (Fsp3) is 0.381. The molecule has 0 radical (unpaired) electrons.